The number of hydrogen-bond donors (Lipinski definition) is 1. The molecule has 244 valence electrons. The molecule has 4 aromatic heterocycles. The molecule has 47 heavy (non-hydrogen) atoms. The van der Waals surface area contributed by atoms with Crippen LogP contribution in [0, 0.1) is 0 Å². The molecule has 2 saturated heterocycles. The van der Waals surface area contributed by atoms with Gasteiger partial charge in [-0.2, -0.15) is 16.7 Å². The molecule has 2 unspecified atom stereocenters. The Bertz CT molecular complexity index is 2030. The number of thiazole rings is 1. The summed E-state index contributed by atoms with van der Waals surface area (Å²) < 4.78 is 21.4. The molecule has 14 heteroatoms. The molecule has 1 N–H and O–H groups in total. The van der Waals surface area contributed by atoms with Gasteiger partial charge >= 0.3 is 0 Å². The van der Waals surface area contributed by atoms with Gasteiger partial charge < -0.3 is 15.0 Å². The Labute approximate surface area is 282 Å². The smallest absolute Gasteiger partial charge is 0.262 e. The number of nitrogens with zero attached hydrogens (tertiary/aromatic N) is 7. The van der Waals surface area contributed by atoms with E-state index in [0.29, 0.717) is 68.2 Å². The lowest BCUT2D eigenvalue weighted by Gasteiger charge is -2.29. The van der Waals surface area contributed by atoms with E-state index < -0.39 is 9.52 Å². The Morgan fingerprint density at radius 3 is 2.60 bits per heavy atom. The van der Waals surface area contributed by atoms with Gasteiger partial charge in [0.25, 0.3) is 5.56 Å². The maximum Gasteiger partial charge on any atom is 0.262 e. The molecule has 2 atom stereocenters. The number of nitrogens with one attached hydrogen (secondary N) is 1. The number of aromatic nitrogens is 5. The highest BCUT2D eigenvalue weighted by molar-refractivity contribution is 8.02. The highest BCUT2D eigenvalue weighted by atomic mass is 32.2. The van der Waals surface area contributed by atoms with Crippen LogP contribution in [0.4, 0.5) is 11.6 Å². The maximum absolute atomic E-state index is 14.2. The lowest BCUT2D eigenvalue weighted by molar-refractivity contribution is 0.0364. The first-order chi connectivity index (χ1) is 22.8. The minimum Gasteiger partial charge on any atom is -0.379 e. The number of hydrogen-bond acceptors (Lipinski definition) is 12. The summed E-state index contributed by atoms with van der Waals surface area (Å²) in [6, 6.07) is 13.6. The van der Waals surface area contributed by atoms with E-state index in [0.717, 1.165) is 37.6 Å². The number of ether oxygens (including phenoxy) is 1. The zero-order valence-corrected chi connectivity index (χ0v) is 28.5. The predicted octanol–water partition coefficient (Wildman–Crippen LogP) is 4.24. The van der Waals surface area contributed by atoms with E-state index in [1.807, 2.05) is 11.8 Å². The number of likely N-dealkylation sites (N-methyl/N-ethyl adjacent to an activating group) is 1. The van der Waals surface area contributed by atoms with Crippen LogP contribution < -0.4 is 10.9 Å². The average Bonchev–Trinajstić information content (AvgIpc) is 3.60. The van der Waals surface area contributed by atoms with Crippen LogP contribution in [0.1, 0.15) is 10.8 Å². The van der Waals surface area contributed by atoms with Gasteiger partial charge in [0.1, 0.15) is 14.9 Å². The molecular weight excluding hydrogens is 653 g/mol. The van der Waals surface area contributed by atoms with Crippen molar-refractivity contribution in [3.63, 3.8) is 0 Å². The van der Waals surface area contributed by atoms with Crippen LogP contribution in [0.5, 0.6) is 0 Å². The summed E-state index contributed by atoms with van der Waals surface area (Å²) in [4.78, 5) is 37.4. The SMILES string of the molecule is C=S(=O)(c1ccncc1)c1cnc(-c2cc3cnc(Nc4ccc(C5CN(C)CCS5)cc4)nc3n(CCN3CCOCC3)c2=O)s1. The number of morpholine rings is 1. The molecule has 0 saturated carbocycles. The highest BCUT2D eigenvalue weighted by Gasteiger charge is 2.22. The molecule has 0 bridgehead atoms. The van der Waals surface area contributed by atoms with Crippen LogP contribution in [0.15, 0.2) is 81.2 Å². The summed E-state index contributed by atoms with van der Waals surface area (Å²) in [5, 5.41) is 4.98. The fourth-order valence-corrected chi connectivity index (χ4v) is 9.90. The molecule has 2 aliphatic heterocycles. The van der Waals surface area contributed by atoms with Crippen molar-refractivity contribution in [2.75, 3.05) is 64.1 Å². The summed E-state index contributed by atoms with van der Waals surface area (Å²) in [5.74, 6) is 5.55. The van der Waals surface area contributed by atoms with E-state index in [2.05, 4.69) is 67.3 Å². The Hall–Kier alpha value is -3.66. The van der Waals surface area contributed by atoms with Crippen molar-refractivity contribution in [1.29, 1.82) is 0 Å². The van der Waals surface area contributed by atoms with Gasteiger partial charge in [-0.25, -0.2) is 9.97 Å². The lowest BCUT2D eigenvalue weighted by atomic mass is 10.1. The van der Waals surface area contributed by atoms with E-state index in [9.17, 15) is 9.00 Å². The second kappa shape index (κ2) is 13.8. The van der Waals surface area contributed by atoms with E-state index >= 15 is 0 Å². The summed E-state index contributed by atoms with van der Waals surface area (Å²) in [6.45, 7) is 6.22. The van der Waals surface area contributed by atoms with Gasteiger partial charge in [-0.05, 0) is 48.8 Å². The maximum atomic E-state index is 14.2. The number of thioether (sulfide) groups is 1. The first-order valence-electron chi connectivity index (χ1n) is 15.5. The molecule has 0 spiro atoms. The predicted molar refractivity (Wildman–Crippen MR) is 191 cm³/mol. The molecule has 0 aliphatic carbocycles. The minimum absolute atomic E-state index is 0.213. The molecule has 0 radical (unpaired) electrons. The van der Waals surface area contributed by atoms with Crippen LogP contribution in [0.25, 0.3) is 21.6 Å². The van der Waals surface area contributed by atoms with Crippen molar-refractivity contribution in [3.05, 3.63) is 83.2 Å². The Balaban J connectivity index is 1.21. The van der Waals surface area contributed by atoms with Gasteiger partial charge in [0, 0.05) is 94.4 Å². The summed E-state index contributed by atoms with van der Waals surface area (Å²) in [5.41, 5.74) is 2.92. The Morgan fingerprint density at radius 2 is 1.83 bits per heavy atom. The first kappa shape index (κ1) is 31.9. The van der Waals surface area contributed by atoms with Gasteiger partial charge in [0.2, 0.25) is 5.95 Å². The fraction of sp³-hybridized carbons (Fsp3) is 0.333. The number of anilines is 2. The van der Waals surface area contributed by atoms with Gasteiger partial charge in [0.05, 0.1) is 25.0 Å². The summed E-state index contributed by atoms with van der Waals surface area (Å²) in [7, 11) is -0.642. The second-order valence-electron chi connectivity index (χ2n) is 11.7. The van der Waals surface area contributed by atoms with Crippen molar-refractivity contribution in [1.82, 2.24) is 34.3 Å². The monoisotopic (exact) mass is 688 g/mol. The van der Waals surface area contributed by atoms with Crippen LogP contribution in [-0.2, 0) is 20.8 Å². The molecular formula is C33H36N8O3S3. The van der Waals surface area contributed by atoms with E-state index in [4.69, 9.17) is 9.72 Å². The third-order valence-electron chi connectivity index (χ3n) is 8.45. The molecule has 0 amide bonds. The largest absolute Gasteiger partial charge is 0.379 e. The van der Waals surface area contributed by atoms with Crippen molar-refractivity contribution in [2.24, 2.45) is 0 Å². The zero-order valence-electron chi connectivity index (χ0n) is 26.1. The summed E-state index contributed by atoms with van der Waals surface area (Å²) >= 11 is 3.21. The van der Waals surface area contributed by atoms with Gasteiger partial charge in [0.15, 0.2) is 0 Å². The highest BCUT2D eigenvalue weighted by Crippen LogP contribution is 2.34. The third kappa shape index (κ3) is 6.98. The molecule has 6 heterocycles. The van der Waals surface area contributed by atoms with Crippen molar-refractivity contribution in [3.8, 4) is 10.6 Å². The van der Waals surface area contributed by atoms with Crippen LogP contribution in [0.2, 0.25) is 0 Å². The molecule has 11 nitrogen and oxygen atoms in total. The first-order valence-corrected chi connectivity index (χ1v) is 19.1. The third-order valence-corrected chi connectivity index (χ3v) is 13.4. The Morgan fingerprint density at radius 1 is 1.04 bits per heavy atom. The number of benzene rings is 1. The normalized spacial score (nSPS) is 19.0. The van der Waals surface area contributed by atoms with Gasteiger partial charge in [-0.15, -0.1) is 11.3 Å². The van der Waals surface area contributed by atoms with Crippen molar-refractivity contribution in [2.45, 2.75) is 20.9 Å². The minimum atomic E-state index is -2.81. The second-order valence-corrected chi connectivity index (χ2v) is 16.5. The van der Waals surface area contributed by atoms with Crippen molar-refractivity contribution >= 4 is 61.2 Å². The van der Waals surface area contributed by atoms with Crippen molar-refractivity contribution < 1.29 is 8.95 Å². The molecule has 2 aliphatic rings. The molecule has 5 aromatic rings. The fourth-order valence-electron chi connectivity index (χ4n) is 5.75. The quantitative estimate of drug-likeness (QED) is 0.224. The summed E-state index contributed by atoms with van der Waals surface area (Å²) in [6.07, 6.45) is 6.47. The number of pyridine rings is 2. The lowest BCUT2D eigenvalue weighted by Crippen LogP contribution is -2.39. The van der Waals surface area contributed by atoms with Crippen LogP contribution in [0.3, 0.4) is 0 Å². The molecule has 2 fully saturated rings. The van der Waals surface area contributed by atoms with Crippen LogP contribution >= 0.6 is 23.1 Å². The number of rotatable bonds is 9. The average molecular weight is 689 g/mol. The molecule has 1 aromatic carbocycles. The van der Waals surface area contributed by atoms with E-state index in [-0.39, 0.29) is 5.56 Å². The van der Waals surface area contributed by atoms with Gasteiger partial charge in [-0.3, -0.25) is 23.5 Å². The van der Waals surface area contributed by atoms with Gasteiger partial charge in [-0.1, -0.05) is 12.1 Å². The standard InChI is InChI=1S/C33H36N8O3S3/c1-39-15-18-45-28(22-39)23-3-5-25(6-4-23)37-33-36-20-24-19-27(31-35-21-29(46-31)47(2,43)26-7-9-34-10-8-26)32(42)41(30(24)38-33)12-11-40-13-16-44-17-14-40/h3-10,19-21,28H,2,11-18,22H2,1H3,(H,36,37,38). The Kier molecular flexibility index (Phi) is 9.39. The zero-order chi connectivity index (χ0) is 32.4. The van der Waals surface area contributed by atoms with E-state index in [1.165, 1.54) is 16.9 Å². The number of fused-ring (bicyclic) bond motifs is 1. The molecule has 7 rings (SSSR count). The van der Waals surface area contributed by atoms with Crippen LogP contribution in [-0.4, -0.2) is 103 Å². The topological polar surface area (TPSA) is 118 Å². The van der Waals surface area contributed by atoms with E-state index in [1.54, 1.807) is 47.6 Å².